The minimum Gasteiger partial charge on any atom is -0.465 e. The van der Waals surface area contributed by atoms with Gasteiger partial charge in [0.2, 0.25) is 0 Å². The highest BCUT2D eigenvalue weighted by molar-refractivity contribution is 9.10. The van der Waals surface area contributed by atoms with Crippen molar-refractivity contribution < 1.29 is 14.7 Å². The largest absolute Gasteiger partial charge is 0.465 e. The van der Waals surface area contributed by atoms with Gasteiger partial charge in [-0.2, -0.15) is 0 Å². The van der Waals surface area contributed by atoms with Gasteiger partial charge in [-0.3, -0.25) is 9.59 Å². The molecule has 1 aliphatic rings. The highest BCUT2D eigenvalue weighted by Crippen LogP contribution is 2.33. The molecule has 0 saturated heterocycles. The summed E-state index contributed by atoms with van der Waals surface area (Å²) in [4.78, 5) is 41.5. The van der Waals surface area contributed by atoms with E-state index in [1.807, 2.05) is 39.0 Å². The van der Waals surface area contributed by atoms with Gasteiger partial charge in [0.1, 0.15) is 0 Å². The predicted octanol–water partition coefficient (Wildman–Crippen LogP) is 4.40. The number of carbonyl (C=O) groups excluding carboxylic acids is 1. The third-order valence-corrected chi connectivity index (χ3v) is 7.08. The number of aryl methyl sites for hydroxylation is 2. The van der Waals surface area contributed by atoms with Crippen LogP contribution in [0.5, 0.6) is 0 Å². The molecule has 0 radical (unpaired) electrons. The molecule has 0 unspecified atom stereocenters. The van der Waals surface area contributed by atoms with Crippen molar-refractivity contribution in [3.8, 4) is 0 Å². The first-order valence-corrected chi connectivity index (χ1v) is 12.4. The van der Waals surface area contributed by atoms with Crippen molar-refractivity contribution in [3.05, 3.63) is 61.0 Å². The summed E-state index contributed by atoms with van der Waals surface area (Å²) in [7, 11) is 0. The Kier molecular flexibility index (Phi) is 8.41. The number of benzene rings is 1. The maximum absolute atomic E-state index is 13.1. The number of nitrogens with zero attached hydrogens (tertiary/aromatic N) is 1. The number of halogens is 1. The predicted molar refractivity (Wildman–Crippen MR) is 137 cm³/mol. The number of aromatic amines is 1. The van der Waals surface area contributed by atoms with Gasteiger partial charge < -0.3 is 25.6 Å². The van der Waals surface area contributed by atoms with Crippen LogP contribution >= 0.6 is 15.9 Å². The molecule has 0 spiro atoms. The molecular weight excluding hydrogens is 500 g/mol. The summed E-state index contributed by atoms with van der Waals surface area (Å²) in [5, 5.41) is 14.5. The van der Waals surface area contributed by atoms with Crippen molar-refractivity contribution >= 4 is 33.6 Å². The number of carboxylic acid groups (broad SMARTS) is 1. The fraction of sp³-hybridized carbons (Fsp3) is 0.480. The first kappa shape index (κ1) is 25.8. The summed E-state index contributed by atoms with van der Waals surface area (Å²) in [5.41, 5.74) is 4.42. The van der Waals surface area contributed by atoms with Gasteiger partial charge in [0.15, 0.2) is 0 Å². The van der Waals surface area contributed by atoms with Gasteiger partial charge in [-0.15, -0.1) is 0 Å². The Morgan fingerprint density at radius 2 is 1.82 bits per heavy atom. The number of hydrogen-bond acceptors (Lipinski definition) is 4. The Hall–Kier alpha value is -2.81. The zero-order valence-corrected chi connectivity index (χ0v) is 21.7. The highest BCUT2D eigenvalue weighted by Gasteiger charge is 2.28. The van der Waals surface area contributed by atoms with E-state index >= 15 is 0 Å². The SMILES string of the molecule is CCN(c1cc(Br)cc(C(=O)NCc2c(C)cc(C)[nH]c2=O)c1C)C1CCC(NC(=O)O)CC1. The van der Waals surface area contributed by atoms with Crippen LogP contribution in [0.15, 0.2) is 27.5 Å². The minimum absolute atomic E-state index is 0.00853. The lowest BCUT2D eigenvalue weighted by Crippen LogP contribution is -2.44. The molecule has 0 aliphatic heterocycles. The second-order valence-electron chi connectivity index (χ2n) is 8.96. The van der Waals surface area contributed by atoms with Crippen LogP contribution in [0.3, 0.4) is 0 Å². The molecule has 1 saturated carbocycles. The van der Waals surface area contributed by atoms with E-state index in [4.69, 9.17) is 5.11 Å². The Bertz CT molecular complexity index is 1120. The topological polar surface area (TPSA) is 115 Å². The number of anilines is 1. The lowest BCUT2D eigenvalue weighted by molar-refractivity contribution is 0.0950. The molecule has 3 rings (SSSR count). The van der Waals surface area contributed by atoms with Crippen molar-refractivity contribution in [1.82, 2.24) is 15.6 Å². The average Bonchev–Trinajstić information content (AvgIpc) is 2.76. The molecule has 1 heterocycles. The molecule has 4 N–H and O–H groups in total. The molecule has 8 nitrogen and oxygen atoms in total. The van der Waals surface area contributed by atoms with E-state index in [2.05, 4.69) is 43.4 Å². The molecule has 1 fully saturated rings. The zero-order chi connectivity index (χ0) is 25.0. The fourth-order valence-electron chi connectivity index (χ4n) is 4.90. The van der Waals surface area contributed by atoms with Crippen LogP contribution in [-0.4, -0.2) is 40.7 Å². The summed E-state index contributed by atoms with van der Waals surface area (Å²) in [5.74, 6) is -0.232. The van der Waals surface area contributed by atoms with Crippen molar-refractivity contribution in [1.29, 1.82) is 0 Å². The maximum atomic E-state index is 13.1. The third-order valence-electron chi connectivity index (χ3n) is 6.62. The average molecular weight is 533 g/mol. The van der Waals surface area contributed by atoms with Crippen LogP contribution in [0.2, 0.25) is 0 Å². The second kappa shape index (κ2) is 11.1. The number of aromatic nitrogens is 1. The van der Waals surface area contributed by atoms with E-state index in [1.165, 1.54) is 0 Å². The van der Waals surface area contributed by atoms with Gasteiger partial charge in [0, 0.05) is 52.2 Å². The van der Waals surface area contributed by atoms with Crippen LogP contribution in [0.25, 0.3) is 0 Å². The number of H-pyrrole nitrogens is 1. The highest BCUT2D eigenvalue weighted by atomic mass is 79.9. The summed E-state index contributed by atoms with van der Waals surface area (Å²) < 4.78 is 0.808. The zero-order valence-electron chi connectivity index (χ0n) is 20.1. The van der Waals surface area contributed by atoms with E-state index in [0.717, 1.165) is 59.2 Å². The van der Waals surface area contributed by atoms with E-state index in [0.29, 0.717) is 11.1 Å². The first-order valence-electron chi connectivity index (χ1n) is 11.6. The second-order valence-corrected chi connectivity index (χ2v) is 9.88. The molecule has 34 heavy (non-hydrogen) atoms. The van der Waals surface area contributed by atoms with Crippen molar-refractivity contribution in [2.24, 2.45) is 0 Å². The molecule has 0 bridgehead atoms. The minimum atomic E-state index is -0.975. The molecule has 184 valence electrons. The van der Waals surface area contributed by atoms with E-state index in [9.17, 15) is 14.4 Å². The quantitative estimate of drug-likeness (QED) is 0.422. The molecule has 1 aromatic carbocycles. The molecule has 2 amide bonds. The van der Waals surface area contributed by atoms with Crippen LogP contribution in [0, 0.1) is 20.8 Å². The van der Waals surface area contributed by atoms with Gasteiger partial charge in [-0.1, -0.05) is 15.9 Å². The van der Waals surface area contributed by atoms with Gasteiger partial charge >= 0.3 is 6.09 Å². The summed E-state index contributed by atoms with van der Waals surface area (Å²) in [6.45, 7) is 8.66. The Labute approximate surface area is 208 Å². The van der Waals surface area contributed by atoms with Crippen LogP contribution < -0.4 is 21.1 Å². The molecule has 0 atom stereocenters. The van der Waals surface area contributed by atoms with Crippen LogP contribution in [0.1, 0.15) is 65.3 Å². The van der Waals surface area contributed by atoms with Gasteiger partial charge in [-0.05, 0) is 82.7 Å². The van der Waals surface area contributed by atoms with Crippen LogP contribution in [-0.2, 0) is 6.54 Å². The van der Waals surface area contributed by atoms with E-state index in [1.54, 1.807) is 0 Å². The standard InChI is InChI=1S/C25H33BrN4O4/c1-5-30(19-8-6-18(7-9-19)29-25(33)34)22-12-17(26)11-20(16(22)4)23(31)27-13-21-14(2)10-15(3)28-24(21)32/h10-12,18-19,29H,5-9,13H2,1-4H3,(H,27,31)(H,28,32)(H,33,34). The third kappa shape index (κ3) is 6.00. The number of pyridine rings is 1. The molecule has 2 aromatic rings. The Morgan fingerprint density at radius 3 is 2.41 bits per heavy atom. The number of hydrogen-bond donors (Lipinski definition) is 4. The Balaban J connectivity index is 1.79. The molecule has 1 aromatic heterocycles. The van der Waals surface area contributed by atoms with Crippen molar-refractivity contribution in [3.63, 3.8) is 0 Å². The van der Waals surface area contributed by atoms with Gasteiger partial charge in [-0.25, -0.2) is 4.79 Å². The summed E-state index contributed by atoms with van der Waals surface area (Å²) >= 11 is 3.56. The first-order chi connectivity index (χ1) is 16.1. The van der Waals surface area contributed by atoms with E-state index < -0.39 is 6.09 Å². The smallest absolute Gasteiger partial charge is 0.404 e. The van der Waals surface area contributed by atoms with Crippen LogP contribution in [0.4, 0.5) is 10.5 Å². The maximum Gasteiger partial charge on any atom is 0.404 e. The number of amides is 2. The van der Waals surface area contributed by atoms with Gasteiger partial charge in [0.25, 0.3) is 11.5 Å². The monoisotopic (exact) mass is 532 g/mol. The number of nitrogens with one attached hydrogen (secondary N) is 3. The van der Waals surface area contributed by atoms with Crippen molar-refractivity contribution in [2.45, 2.75) is 72.0 Å². The molecular formula is C25H33BrN4O4. The summed E-state index contributed by atoms with van der Waals surface area (Å²) in [6.07, 6.45) is 2.36. The lowest BCUT2D eigenvalue weighted by atomic mass is 9.89. The molecule has 9 heteroatoms. The Morgan fingerprint density at radius 1 is 1.15 bits per heavy atom. The van der Waals surface area contributed by atoms with Gasteiger partial charge in [0.05, 0.1) is 0 Å². The summed E-state index contributed by atoms with van der Waals surface area (Å²) in [6, 6.07) is 6.00. The van der Waals surface area contributed by atoms with Crippen molar-refractivity contribution in [2.75, 3.05) is 11.4 Å². The molecule has 1 aliphatic carbocycles. The number of carbonyl (C=O) groups is 2. The van der Waals surface area contributed by atoms with E-state index in [-0.39, 0.29) is 30.1 Å². The number of rotatable bonds is 7. The fourth-order valence-corrected chi connectivity index (χ4v) is 5.34. The lowest BCUT2D eigenvalue weighted by Gasteiger charge is -2.39. The normalized spacial score (nSPS) is 17.8.